The number of hydrogen-bond acceptors (Lipinski definition) is 5. The topological polar surface area (TPSA) is 81.3 Å². The summed E-state index contributed by atoms with van der Waals surface area (Å²) in [5.74, 6) is 2.97. The minimum atomic E-state index is -0.146. The van der Waals surface area contributed by atoms with Gasteiger partial charge in [0.2, 0.25) is 11.8 Å². The van der Waals surface area contributed by atoms with E-state index in [-0.39, 0.29) is 16.9 Å². The molecule has 4 aliphatic rings. The summed E-state index contributed by atoms with van der Waals surface area (Å²) in [5, 5.41) is 10.2. The lowest BCUT2D eigenvalue weighted by Gasteiger charge is -2.57. The Labute approximate surface area is 167 Å². The van der Waals surface area contributed by atoms with E-state index in [0.717, 1.165) is 44.2 Å². The first-order valence-corrected chi connectivity index (χ1v) is 11.0. The monoisotopic (exact) mass is 383 g/mol. The quantitative estimate of drug-likeness (QED) is 0.759. The molecule has 0 saturated heterocycles. The predicted molar refractivity (Wildman–Crippen MR) is 109 cm³/mol. The van der Waals surface area contributed by atoms with Crippen LogP contribution in [0.15, 0.2) is 11.6 Å². The van der Waals surface area contributed by atoms with Crippen LogP contribution >= 0.6 is 0 Å². The number of ether oxygens (including phenoxy) is 1. The summed E-state index contributed by atoms with van der Waals surface area (Å²) in [4.78, 5) is 9.16. The van der Waals surface area contributed by atoms with Gasteiger partial charge in [0.1, 0.15) is 0 Å². The number of nitrogens with zero attached hydrogens (tertiary/aromatic N) is 2. The summed E-state index contributed by atoms with van der Waals surface area (Å²) >= 11 is 0. The van der Waals surface area contributed by atoms with Gasteiger partial charge in [-0.25, -0.2) is 4.98 Å². The smallest absolute Gasteiger partial charge is 0.223 e. The molecule has 0 aliphatic heterocycles. The van der Waals surface area contributed by atoms with Crippen molar-refractivity contribution in [3.8, 4) is 5.88 Å². The molecule has 0 bridgehead atoms. The van der Waals surface area contributed by atoms with Crippen LogP contribution in [-0.4, -0.2) is 27.8 Å². The van der Waals surface area contributed by atoms with Crippen LogP contribution in [0.25, 0.3) is 0 Å². The molecule has 28 heavy (non-hydrogen) atoms. The number of aliphatic hydroxyl groups excluding tert-OH is 1. The average molecular weight is 384 g/mol. The fourth-order valence-corrected chi connectivity index (χ4v) is 7.24. The van der Waals surface area contributed by atoms with Crippen LogP contribution in [0.5, 0.6) is 5.88 Å². The minimum absolute atomic E-state index is 0.0648. The van der Waals surface area contributed by atoms with Gasteiger partial charge in [0.05, 0.1) is 18.4 Å². The first kappa shape index (κ1) is 18.4. The Hall–Kier alpha value is -1.62. The van der Waals surface area contributed by atoms with Crippen molar-refractivity contribution in [2.24, 2.45) is 23.2 Å². The van der Waals surface area contributed by atoms with Crippen molar-refractivity contribution >= 4 is 5.95 Å². The van der Waals surface area contributed by atoms with Crippen LogP contribution in [0.3, 0.4) is 0 Å². The number of hydrogen-bond donors (Lipinski definition) is 2. The first-order valence-electron chi connectivity index (χ1n) is 11.0. The Bertz CT molecular complexity index is 837. The second-order valence-corrected chi connectivity index (χ2v) is 9.96. The molecular formula is C23H33N3O2. The fraction of sp³-hybridized carbons (Fsp3) is 0.739. The van der Waals surface area contributed by atoms with Crippen molar-refractivity contribution in [3.05, 3.63) is 22.9 Å². The molecule has 6 atom stereocenters. The summed E-state index contributed by atoms with van der Waals surface area (Å²) in [6, 6.07) is 0. The number of nitrogen functional groups attached to an aromatic ring is 1. The lowest BCUT2D eigenvalue weighted by atomic mass is 9.48. The van der Waals surface area contributed by atoms with Gasteiger partial charge < -0.3 is 15.6 Å². The normalized spacial score (nSPS) is 41.4. The standard InChI is InChI=1S/C23H33N3O2/c1-4-28-20-16-12-18-15-6-5-13-11-14(27)7-9-22(13,2)17(15)8-10-23(18,3)19(16)25-21(24)26-20/h5,14-15,17-18,27H,4,6-12H2,1-3H3,(H2,24,25,26)/t14-,15+,17-,18-,22-,23-/m0/s1. The summed E-state index contributed by atoms with van der Waals surface area (Å²) in [7, 11) is 0. The molecular weight excluding hydrogens is 350 g/mol. The highest BCUT2D eigenvalue weighted by atomic mass is 16.5. The van der Waals surface area contributed by atoms with Gasteiger partial charge in [0.15, 0.2) is 0 Å². The second kappa shape index (κ2) is 6.19. The van der Waals surface area contributed by atoms with Gasteiger partial charge in [0, 0.05) is 11.0 Å². The Morgan fingerprint density at radius 1 is 1.14 bits per heavy atom. The molecule has 0 spiro atoms. The lowest BCUT2D eigenvalue weighted by Crippen LogP contribution is -2.51. The maximum atomic E-state index is 10.2. The highest BCUT2D eigenvalue weighted by Crippen LogP contribution is 2.64. The van der Waals surface area contributed by atoms with Crippen molar-refractivity contribution in [1.29, 1.82) is 0 Å². The van der Waals surface area contributed by atoms with Crippen molar-refractivity contribution in [3.63, 3.8) is 0 Å². The second-order valence-electron chi connectivity index (χ2n) is 9.96. The van der Waals surface area contributed by atoms with E-state index in [9.17, 15) is 5.11 Å². The molecule has 2 saturated carbocycles. The van der Waals surface area contributed by atoms with E-state index in [2.05, 4.69) is 24.9 Å². The van der Waals surface area contributed by atoms with E-state index < -0.39 is 0 Å². The van der Waals surface area contributed by atoms with Crippen molar-refractivity contribution in [1.82, 2.24) is 9.97 Å². The molecule has 1 aromatic rings. The zero-order valence-electron chi connectivity index (χ0n) is 17.4. The van der Waals surface area contributed by atoms with E-state index >= 15 is 0 Å². The van der Waals surface area contributed by atoms with Crippen LogP contribution in [0.4, 0.5) is 5.95 Å². The third kappa shape index (κ3) is 2.41. The highest BCUT2D eigenvalue weighted by Gasteiger charge is 2.58. The lowest BCUT2D eigenvalue weighted by molar-refractivity contribution is -0.0169. The molecule has 3 N–H and O–H groups in total. The molecule has 2 fully saturated rings. The zero-order chi connectivity index (χ0) is 19.7. The number of anilines is 1. The molecule has 1 heterocycles. The van der Waals surface area contributed by atoms with E-state index in [1.807, 2.05) is 6.92 Å². The van der Waals surface area contributed by atoms with Gasteiger partial charge in [0.25, 0.3) is 0 Å². The van der Waals surface area contributed by atoms with Gasteiger partial charge >= 0.3 is 0 Å². The SMILES string of the molecule is CCOc1nc(N)nc2c1C[C@H]1[C@@H]3CC=C4C[C@@H](O)CC[C@]4(C)[C@H]3CC[C@]21C. The van der Waals surface area contributed by atoms with E-state index in [4.69, 9.17) is 15.5 Å². The van der Waals surface area contributed by atoms with Gasteiger partial charge in [-0.2, -0.15) is 4.98 Å². The average Bonchev–Trinajstić information content (AvgIpc) is 2.96. The summed E-state index contributed by atoms with van der Waals surface area (Å²) in [6.45, 7) is 7.46. The number of nitrogens with two attached hydrogens (primary N) is 1. The molecule has 0 unspecified atom stereocenters. The predicted octanol–water partition coefficient (Wildman–Crippen LogP) is 3.79. The van der Waals surface area contributed by atoms with Crippen molar-refractivity contribution in [2.75, 3.05) is 12.3 Å². The number of aliphatic hydroxyl groups is 1. The molecule has 152 valence electrons. The summed E-state index contributed by atoms with van der Waals surface area (Å²) in [6.07, 6.45) is 9.78. The summed E-state index contributed by atoms with van der Waals surface area (Å²) in [5.41, 5.74) is 10.2. The Morgan fingerprint density at radius 3 is 2.71 bits per heavy atom. The molecule has 5 rings (SSSR count). The molecule has 0 radical (unpaired) electrons. The third-order valence-corrected chi connectivity index (χ3v) is 8.70. The number of allylic oxidation sites excluding steroid dienone is 1. The number of rotatable bonds is 2. The zero-order valence-corrected chi connectivity index (χ0v) is 17.4. The van der Waals surface area contributed by atoms with Gasteiger partial charge in [-0.3, -0.25) is 0 Å². The maximum absolute atomic E-state index is 10.2. The largest absolute Gasteiger partial charge is 0.478 e. The van der Waals surface area contributed by atoms with Crippen LogP contribution in [-0.2, 0) is 11.8 Å². The number of aromatic nitrogens is 2. The van der Waals surface area contributed by atoms with E-state index in [1.165, 1.54) is 17.6 Å². The molecule has 5 nitrogen and oxygen atoms in total. The van der Waals surface area contributed by atoms with Gasteiger partial charge in [-0.15, -0.1) is 0 Å². The van der Waals surface area contributed by atoms with Crippen LogP contribution in [0, 0.1) is 23.2 Å². The molecule has 5 heteroatoms. The molecule has 0 aromatic carbocycles. The number of fused-ring (bicyclic) bond motifs is 7. The van der Waals surface area contributed by atoms with Crippen molar-refractivity contribution < 1.29 is 9.84 Å². The Morgan fingerprint density at radius 2 is 1.93 bits per heavy atom. The summed E-state index contributed by atoms with van der Waals surface area (Å²) < 4.78 is 5.86. The van der Waals surface area contributed by atoms with Crippen LogP contribution < -0.4 is 10.5 Å². The molecule has 4 aliphatic carbocycles. The van der Waals surface area contributed by atoms with Gasteiger partial charge in [-0.1, -0.05) is 25.5 Å². The Kier molecular flexibility index (Phi) is 4.07. The molecule has 0 amide bonds. The first-order chi connectivity index (χ1) is 13.4. The van der Waals surface area contributed by atoms with Gasteiger partial charge in [-0.05, 0) is 75.0 Å². The molecule has 1 aromatic heterocycles. The highest BCUT2D eigenvalue weighted by molar-refractivity contribution is 5.46. The Balaban J connectivity index is 1.54. The van der Waals surface area contributed by atoms with E-state index in [0.29, 0.717) is 36.2 Å². The minimum Gasteiger partial charge on any atom is -0.478 e. The fourth-order valence-electron chi connectivity index (χ4n) is 7.24. The third-order valence-electron chi connectivity index (χ3n) is 8.70. The van der Waals surface area contributed by atoms with Crippen LogP contribution in [0.1, 0.15) is 70.6 Å². The maximum Gasteiger partial charge on any atom is 0.223 e. The van der Waals surface area contributed by atoms with Crippen molar-refractivity contribution in [2.45, 2.75) is 77.2 Å². The van der Waals surface area contributed by atoms with Crippen LogP contribution in [0.2, 0.25) is 0 Å². The van der Waals surface area contributed by atoms with E-state index in [1.54, 1.807) is 0 Å².